The van der Waals surface area contributed by atoms with Gasteiger partial charge in [0.05, 0.1) is 23.3 Å². The van der Waals surface area contributed by atoms with Crippen LogP contribution in [-0.4, -0.2) is 15.7 Å². The largest absolute Gasteiger partial charge is 0.326 e. The van der Waals surface area contributed by atoms with E-state index < -0.39 is 0 Å². The summed E-state index contributed by atoms with van der Waals surface area (Å²) in [6, 6.07) is 15.1. The fraction of sp³-hybridized carbons (Fsp3) is 0.125. The van der Waals surface area contributed by atoms with Gasteiger partial charge in [0.15, 0.2) is 0 Å². The number of anilines is 1. The maximum Gasteiger partial charge on any atom is 0.226 e. The van der Waals surface area contributed by atoms with Crippen LogP contribution in [0, 0.1) is 0 Å². The molecule has 1 heterocycles. The van der Waals surface area contributed by atoms with Gasteiger partial charge < -0.3 is 5.32 Å². The highest BCUT2D eigenvalue weighted by molar-refractivity contribution is 6.35. The van der Waals surface area contributed by atoms with Crippen molar-refractivity contribution in [2.75, 3.05) is 5.32 Å². The molecule has 0 atom stereocenters. The highest BCUT2D eigenvalue weighted by Gasteiger charge is 2.08. The van der Waals surface area contributed by atoms with Gasteiger partial charge in [-0.1, -0.05) is 35.9 Å². The molecule has 0 aliphatic heterocycles. The zero-order valence-corrected chi connectivity index (χ0v) is 12.0. The molecular weight excluding hydrogens is 286 g/mol. The second kappa shape index (κ2) is 5.97. The number of carbonyl (C=O) groups is 1. The number of halogens is 1. The second-order valence-electron chi connectivity index (χ2n) is 4.70. The Kier molecular flexibility index (Phi) is 3.88. The number of nitrogens with zero attached hydrogens (tertiary/aromatic N) is 2. The van der Waals surface area contributed by atoms with E-state index in [0.29, 0.717) is 18.0 Å². The third-order valence-electron chi connectivity index (χ3n) is 3.24. The Morgan fingerprint density at radius 2 is 1.95 bits per heavy atom. The van der Waals surface area contributed by atoms with Crippen molar-refractivity contribution in [3.05, 3.63) is 59.8 Å². The van der Waals surface area contributed by atoms with Crippen LogP contribution in [0.3, 0.4) is 0 Å². The zero-order chi connectivity index (χ0) is 14.7. The van der Waals surface area contributed by atoms with E-state index in [4.69, 9.17) is 11.6 Å². The zero-order valence-electron chi connectivity index (χ0n) is 11.3. The van der Waals surface area contributed by atoms with Crippen molar-refractivity contribution in [2.24, 2.45) is 0 Å². The molecule has 0 spiro atoms. The Labute approximate surface area is 127 Å². The van der Waals surface area contributed by atoms with Crippen LogP contribution in [0.25, 0.3) is 10.9 Å². The maximum atomic E-state index is 11.9. The van der Waals surface area contributed by atoms with Crippen LogP contribution in [0.4, 0.5) is 5.69 Å². The average Bonchev–Trinajstić information content (AvgIpc) is 2.91. The second-order valence-corrected chi connectivity index (χ2v) is 5.11. The summed E-state index contributed by atoms with van der Waals surface area (Å²) in [4.78, 5) is 11.9. The van der Waals surface area contributed by atoms with E-state index in [2.05, 4.69) is 10.4 Å². The number of carbonyl (C=O) groups excluding carboxylic acids is 1. The first-order valence-corrected chi connectivity index (χ1v) is 7.07. The molecule has 0 aliphatic carbocycles. The van der Waals surface area contributed by atoms with Crippen LogP contribution in [0.2, 0.25) is 5.02 Å². The minimum atomic E-state index is -0.0353. The topological polar surface area (TPSA) is 46.9 Å². The molecule has 1 aromatic heterocycles. The fourth-order valence-corrected chi connectivity index (χ4v) is 2.42. The lowest BCUT2D eigenvalue weighted by Gasteiger charge is -2.06. The molecule has 3 rings (SSSR count). The van der Waals surface area contributed by atoms with Crippen molar-refractivity contribution in [3.8, 4) is 0 Å². The summed E-state index contributed by atoms with van der Waals surface area (Å²) in [5.74, 6) is -0.0353. The maximum absolute atomic E-state index is 11.9. The van der Waals surface area contributed by atoms with E-state index in [9.17, 15) is 4.79 Å². The summed E-state index contributed by atoms with van der Waals surface area (Å²) < 4.78 is 1.80. The first-order valence-electron chi connectivity index (χ1n) is 6.69. The third kappa shape index (κ3) is 3.06. The van der Waals surface area contributed by atoms with Crippen LogP contribution in [0.1, 0.15) is 6.42 Å². The predicted octanol–water partition coefficient (Wildman–Crippen LogP) is 3.72. The number of nitrogens with one attached hydrogen (secondary N) is 1. The Morgan fingerprint density at radius 3 is 2.76 bits per heavy atom. The molecule has 0 fully saturated rings. The minimum Gasteiger partial charge on any atom is -0.326 e. The van der Waals surface area contributed by atoms with Gasteiger partial charge in [0.1, 0.15) is 0 Å². The average molecular weight is 300 g/mol. The number of hydrogen-bond donors (Lipinski definition) is 1. The molecule has 0 radical (unpaired) electrons. The molecule has 2 aromatic carbocycles. The van der Waals surface area contributed by atoms with Gasteiger partial charge in [0, 0.05) is 17.5 Å². The monoisotopic (exact) mass is 299 g/mol. The number of para-hydroxylation sites is 1. The molecule has 0 aliphatic rings. The number of hydrogen-bond acceptors (Lipinski definition) is 2. The van der Waals surface area contributed by atoms with Gasteiger partial charge >= 0.3 is 0 Å². The standard InChI is InChI=1S/C16H14ClN3O/c17-14-7-4-8-15-13(14)11-18-20(15)10-9-16(21)19-12-5-2-1-3-6-12/h1-8,11H,9-10H2,(H,19,21). The smallest absolute Gasteiger partial charge is 0.226 e. The van der Waals surface area contributed by atoms with Gasteiger partial charge in [-0.05, 0) is 24.3 Å². The van der Waals surface area contributed by atoms with E-state index in [1.165, 1.54) is 0 Å². The van der Waals surface area contributed by atoms with Gasteiger partial charge in [0.2, 0.25) is 5.91 Å². The highest BCUT2D eigenvalue weighted by Crippen LogP contribution is 2.22. The van der Waals surface area contributed by atoms with Crippen molar-refractivity contribution in [2.45, 2.75) is 13.0 Å². The van der Waals surface area contributed by atoms with E-state index >= 15 is 0 Å². The molecule has 0 saturated carbocycles. The van der Waals surface area contributed by atoms with Crippen LogP contribution in [0.15, 0.2) is 54.7 Å². The summed E-state index contributed by atoms with van der Waals surface area (Å²) in [6.45, 7) is 0.516. The lowest BCUT2D eigenvalue weighted by atomic mass is 10.2. The van der Waals surface area contributed by atoms with Crippen LogP contribution < -0.4 is 5.32 Å². The summed E-state index contributed by atoms with van der Waals surface area (Å²) >= 11 is 6.11. The minimum absolute atomic E-state index is 0.0353. The number of rotatable bonds is 4. The summed E-state index contributed by atoms with van der Waals surface area (Å²) in [6.07, 6.45) is 2.09. The Balaban J connectivity index is 1.67. The predicted molar refractivity (Wildman–Crippen MR) is 84.4 cm³/mol. The van der Waals surface area contributed by atoms with Crippen LogP contribution in [0.5, 0.6) is 0 Å². The van der Waals surface area contributed by atoms with E-state index in [1.807, 2.05) is 48.5 Å². The van der Waals surface area contributed by atoms with Crippen molar-refractivity contribution in [1.82, 2.24) is 9.78 Å². The van der Waals surface area contributed by atoms with Gasteiger partial charge in [-0.25, -0.2) is 0 Å². The van der Waals surface area contributed by atoms with E-state index in [-0.39, 0.29) is 5.91 Å². The Hall–Kier alpha value is -2.33. The van der Waals surface area contributed by atoms with Crippen molar-refractivity contribution < 1.29 is 4.79 Å². The molecule has 0 saturated heterocycles. The first kappa shape index (κ1) is 13.6. The van der Waals surface area contributed by atoms with Gasteiger partial charge in [-0.2, -0.15) is 5.10 Å². The van der Waals surface area contributed by atoms with E-state index in [1.54, 1.807) is 10.9 Å². The number of fused-ring (bicyclic) bond motifs is 1. The molecule has 1 amide bonds. The quantitative estimate of drug-likeness (QED) is 0.798. The lowest BCUT2D eigenvalue weighted by Crippen LogP contribution is -2.14. The summed E-state index contributed by atoms with van der Waals surface area (Å²) in [5, 5.41) is 8.72. The molecule has 3 aromatic rings. The molecule has 4 nitrogen and oxygen atoms in total. The number of amides is 1. The summed E-state index contributed by atoms with van der Waals surface area (Å²) in [5.41, 5.74) is 1.74. The first-order chi connectivity index (χ1) is 10.2. The van der Waals surface area contributed by atoms with Crippen LogP contribution in [-0.2, 0) is 11.3 Å². The van der Waals surface area contributed by atoms with Gasteiger partial charge in [0.25, 0.3) is 0 Å². The molecule has 106 valence electrons. The Bertz CT molecular complexity index is 768. The molecule has 0 bridgehead atoms. The fourth-order valence-electron chi connectivity index (χ4n) is 2.20. The molecule has 0 unspecified atom stereocenters. The third-order valence-corrected chi connectivity index (χ3v) is 3.57. The Morgan fingerprint density at radius 1 is 1.14 bits per heavy atom. The number of benzene rings is 2. The normalized spacial score (nSPS) is 10.7. The van der Waals surface area contributed by atoms with Gasteiger partial charge in [-0.15, -0.1) is 0 Å². The molecule has 21 heavy (non-hydrogen) atoms. The SMILES string of the molecule is O=C(CCn1ncc2c(Cl)cccc21)Nc1ccccc1. The van der Waals surface area contributed by atoms with Crippen molar-refractivity contribution in [3.63, 3.8) is 0 Å². The van der Waals surface area contributed by atoms with E-state index in [0.717, 1.165) is 16.6 Å². The highest BCUT2D eigenvalue weighted by atomic mass is 35.5. The van der Waals surface area contributed by atoms with Gasteiger partial charge in [-0.3, -0.25) is 9.48 Å². The number of aromatic nitrogens is 2. The van der Waals surface area contributed by atoms with Crippen molar-refractivity contribution in [1.29, 1.82) is 0 Å². The van der Waals surface area contributed by atoms with Crippen LogP contribution >= 0.6 is 11.6 Å². The molecule has 1 N–H and O–H groups in total. The lowest BCUT2D eigenvalue weighted by molar-refractivity contribution is -0.116. The molecular formula is C16H14ClN3O. The molecule has 5 heteroatoms. The summed E-state index contributed by atoms with van der Waals surface area (Å²) in [7, 11) is 0. The van der Waals surface area contributed by atoms with Crippen molar-refractivity contribution >= 4 is 34.1 Å². The number of aryl methyl sites for hydroxylation is 1.